The molecular formula is C10H12FNO3. The largest absolute Gasteiger partial charge is 0.447 e. The summed E-state index contributed by atoms with van der Waals surface area (Å²) in [6, 6.07) is 4.06. The summed E-state index contributed by atoms with van der Waals surface area (Å²) in [5, 5.41) is 10.8. The van der Waals surface area contributed by atoms with E-state index in [1.807, 2.05) is 0 Å². The van der Waals surface area contributed by atoms with Crippen LogP contribution in [-0.4, -0.2) is 24.4 Å². The van der Waals surface area contributed by atoms with E-state index in [4.69, 9.17) is 5.11 Å². The molecule has 15 heavy (non-hydrogen) atoms. The molecule has 0 aliphatic carbocycles. The first kappa shape index (κ1) is 11.5. The van der Waals surface area contributed by atoms with Gasteiger partial charge in [-0.2, -0.15) is 0 Å². The molecule has 0 atom stereocenters. The Morgan fingerprint density at radius 1 is 1.60 bits per heavy atom. The molecule has 0 spiro atoms. The van der Waals surface area contributed by atoms with E-state index in [0.29, 0.717) is 5.69 Å². The van der Waals surface area contributed by atoms with Gasteiger partial charge in [0.15, 0.2) is 0 Å². The number of aliphatic hydroxyl groups is 1. The third-order valence-corrected chi connectivity index (χ3v) is 1.76. The maximum atomic E-state index is 12.8. The number of ether oxygens (including phenoxy) is 1. The Hall–Kier alpha value is -1.62. The van der Waals surface area contributed by atoms with Crippen molar-refractivity contribution >= 4 is 11.8 Å². The molecule has 0 radical (unpaired) electrons. The van der Waals surface area contributed by atoms with Crippen LogP contribution in [0.1, 0.15) is 5.56 Å². The van der Waals surface area contributed by atoms with Gasteiger partial charge in [0.05, 0.1) is 6.61 Å². The minimum absolute atomic E-state index is 0.0831. The molecule has 1 rings (SSSR count). The molecule has 0 heterocycles. The van der Waals surface area contributed by atoms with E-state index in [2.05, 4.69) is 10.1 Å². The lowest BCUT2D eigenvalue weighted by atomic mass is 10.2. The van der Waals surface area contributed by atoms with Crippen LogP contribution in [0.4, 0.5) is 14.9 Å². The van der Waals surface area contributed by atoms with Crippen LogP contribution in [0.3, 0.4) is 0 Å². The van der Waals surface area contributed by atoms with E-state index in [1.54, 1.807) is 13.0 Å². The number of amides is 1. The number of hydrogen-bond donors (Lipinski definition) is 2. The quantitative estimate of drug-likeness (QED) is 0.803. The van der Waals surface area contributed by atoms with Gasteiger partial charge in [-0.3, -0.25) is 5.32 Å². The summed E-state index contributed by atoms with van der Waals surface area (Å²) in [5.41, 5.74) is 1.09. The van der Waals surface area contributed by atoms with Gasteiger partial charge in [-0.25, -0.2) is 9.18 Å². The van der Waals surface area contributed by atoms with Crippen molar-refractivity contribution in [2.75, 3.05) is 18.5 Å². The highest BCUT2D eigenvalue weighted by Gasteiger charge is 2.05. The second-order valence-corrected chi connectivity index (χ2v) is 2.94. The Labute approximate surface area is 86.7 Å². The topological polar surface area (TPSA) is 58.6 Å². The Morgan fingerprint density at radius 3 is 3.00 bits per heavy atom. The second-order valence-electron chi connectivity index (χ2n) is 2.94. The maximum Gasteiger partial charge on any atom is 0.411 e. The Balaban J connectivity index is 2.63. The Morgan fingerprint density at radius 2 is 2.33 bits per heavy atom. The molecule has 1 amide bonds. The Kier molecular flexibility index (Phi) is 4.05. The summed E-state index contributed by atoms with van der Waals surface area (Å²) in [7, 11) is 0. The van der Waals surface area contributed by atoms with Crippen molar-refractivity contribution in [2.45, 2.75) is 6.92 Å². The number of carbonyl (C=O) groups excluding carboxylic acids is 1. The SMILES string of the molecule is Cc1ccc(F)cc1NC(=O)OCCO. The number of hydrogen-bond acceptors (Lipinski definition) is 3. The number of rotatable bonds is 3. The van der Waals surface area contributed by atoms with Crippen molar-refractivity contribution in [3.63, 3.8) is 0 Å². The molecule has 0 aromatic heterocycles. The van der Waals surface area contributed by atoms with Crippen LogP contribution in [0.25, 0.3) is 0 Å². The van der Waals surface area contributed by atoms with Gasteiger partial charge in [0, 0.05) is 5.69 Å². The number of carbonyl (C=O) groups is 1. The minimum atomic E-state index is -0.710. The molecule has 0 saturated heterocycles. The number of aliphatic hydroxyl groups excluding tert-OH is 1. The Bertz CT molecular complexity index is 355. The molecule has 0 fully saturated rings. The predicted molar refractivity (Wildman–Crippen MR) is 53.2 cm³/mol. The van der Waals surface area contributed by atoms with Gasteiger partial charge in [-0.05, 0) is 24.6 Å². The standard InChI is InChI=1S/C10H12FNO3/c1-7-2-3-8(11)6-9(7)12-10(14)15-5-4-13/h2-3,6,13H,4-5H2,1H3,(H,12,14). The lowest BCUT2D eigenvalue weighted by Gasteiger charge is -2.08. The van der Waals surface area contributed by atoms with Crippen molar-refractivity contribution in [3.8, 4) is 0 Å². The number of halogens is 1. The van der Waals surface area contributed by atoms with Crippen molar-refractivity contribution in [3.05, 3.63) is 29.6 Å². The summed E-state index contributed by atoms with van der Waals surface area (Å²) in [5.74, 6) is -0.432. The van der Waals surface area contributed by atoms with Gasteiger partial charge in [0.1, 0.15) is 12.4 Å². The highest BCUT2D eigenvalue weighted by Crippen LogP contribution is 2.15. The fourth-order valence-electron chi connectivity index (χ4n) is 1.01. The van der Waals surface area contributed by atoms with Crippen LogP contribution >= 0.6 is 0 Å². The lowest BCUT2D eigenvalue weighted by molar-refractivity contribution is 0.131. The van der Waals surface area contributed by atoms with Gasteiger partial charge in [-0.1, -0.05) is 6.07 Å². The molecule has 1 aromatic rings. The highest BCUT2D eigenvalue weighted by atomic mass is 19.1. The first-order valence-corrected chi connectivity index (χ1v) is 4.44. The molecule has 0 saturated carbocycles. The van der Waals surface area contributed by atoms with Gasteiger partial charge in [-0.15, -0.1) is 0 Å². The molecule has 82 valence electrons. The lowest BCUT2D eigenvalue weighted by Crippen LogP contribution is -2.16. The fraction of sp³-hybridized carbons (Fsp3) is 0.300. The average Bonchev–Trinajstić information content (AvgIpc) is 2.20. The number of anilines is 1. The van der Waals surface area contributed by atoms with Crippen molar-refractivity contribution in [1.29, 1.82) is 0 Å². The van der Waals surface area contributed by atoms with E-state index >= 15 is 0 Å². The average molecular weight is 213 g/mol. The van der Waals surface area contributed by atoms with Gasteiger partial charge >= 0.3 is 6.09 Å². The van der Waals surface area contributed by atoms with Crippen molar-refractivity contribution in [2.24, 2.45) is 0 Å². The van der Waals surface area contributed by atoms with Crippen LogP contribution < -0.4 is 5.32 Å². The van der Waals surface area contributed by atoms with E-state index < -0.39 is 11.9 Å². The molecule has 0 bridgehead atoms. The predicted octanol–water partition coefficient (Wildman–Crippen LogP) is 1.67. The molecule has 0 aliphatic rings. The summed E-state index contributed by atoms with van der Waals surface area (Å²) in [4.78, 5) is 11.1. The molecular weight excluding hydrogens is 201 g/mol. The zero-order chi connectivity index (χ0) is 11.3. The van der Waals surface area contributed by atoms with Crippen LogP contribution in [-0.2, 0) is 4.74 Å². The molecule has 5 heteroatoms. The van der Waals surface area contributed by atoms with Crippen LogP contribution in [0.2, 0.25) is 0 Å². The molecule has 2 N–H and O–H groups in total. The molecule has 1 aromatic carbocycles. The summed E-state index contributed by atoms with van der Waals surface area (Å²) < 4.78 is 17.4. The van der Waals surface area contributed by atoms with E-state index in [1.165, 1.54) is 12.1 Å². The summed E-state index contributed by atoms with van der Waals surface area (Å²) >= 11 is 0. The third kappa shape index (κ3) is 3.55. The number of benzene rings is 1. The molecule has 0 unspecified atom stereocenters. The van der Waals surface area contributed by atoms with E-state index in [9.17, 15) is 9.18 Å². The van der Waals surface area contributed by atoms with Crippen LogP contribution in [0.5, 0.6) is 0 Å². The first-order valence-electron chi connectivity index (χ1n) is 4.44. The zero-order valence-electron chi connectivity index (χ0n) is 8.29. The van der Waals surface area contributed by atoms with Gasteiger partial charge in [0.2, 0.25) is 0 Å². The summed E-state index contributed by atoms with van der Waals surface area (Å²) in [6.45, 7) is 1.41. The molecule has 0 aliphatic heterocycles. The zero-order valence-corrected chi connectivity index (χ0v) is 8.29. The van der Waals surface area contributed by atoms with E-state index in [-0.39, 0.29) is 13.2 Å². The van der Waals surface area contributed by atoms with Crippen molar-refractivity contribution in [1.82, 2.24) is 0 Å². The van der Waals surface area contributed by atoms with Crippen molar-refractivity contribution < 1.29 is 19.0 Å². The molecule has 4 nitrogen and oxygen atoms in total. The van der Waals surface area contributed by atoms with Gasteiger partial charge < -0.3 is 9.84 Å². The normalized spacial score (nSPS) is 9.80. The van der Waals surface area contributed by atoms with Crippen LogP contribution in [0.15, 0.2) is 18.2 Å². The minimum Gasteiger partial charge on any atom is -0.447 e. The summed E-state index contributed by atoms with van der Waals surface area (Å²) in [6.07, 6.45) is -0.710. The van der Waals surface area contributed by atoms with E-state index in [0.717, 1.165) is 5.56 Å². The van der Waals surface area contributed by atoms with Gasteiger partial charge in [0.25, 0.3) is 0 Å². The maximum absolute atomic E-state index is 12.8. The monoisotopic (exact) mass is 213 g/mol. The number of nitrogens with one attached hydrogen (secondary N) is 1. The second kappa shape index (κ2) is 5.31. The number of aryl methyl sites for hydroxylation is 1. The first-order chi connectivity index (χ1) is 7.13. The smallest absolute Gasteiger partial charge is 0.411 e. The van der Waals surface area contributed by atoms with Crippen LogP contribution in [0, 0.1) is 12.7 Å². The fourth-order valence-corrected chi connectivity index (χ4v) is 1.01. The highest BCUT2D eigenvalue weighted by molar-refractivity contribution is 5.85. The third-order valence-electron chi connectivity index (χ3n) is 1.76.